The van der Waals surface area contributed by atoms with E-state index in [0.29, 0.717) is 11.7 Å². The summed E-state index contributed by atoms with van der Waals surface area (Å²) in [6.45, 7) is 4.56. The lowest BCUT2D eigenvalue weighted by Crippen LogP contribution is -2.21. The number of ketones is 1. The highest BCUT2D eigenvalue weighted by Crippen LogP contribution is 2.30. The fourth-order valence-corrected chi connectivity index (χ4v) is 3.36. The number of Topliss-reactive ketones (excluding diaryl/α,β-unsaturated/α-hetero) is 1. The second-order valence-corrected chi connectivity index (χ2v) is 6.66. The van der Waals surface area contributed by atoms with Crippen molar-refractivity contribution in [3.63, 3.8) is 0 Å². The number of unbranched alkanes of at least 4 members (excludes halogenated alkanes) is 7. The van der Waals surface area contributed by atoms with Crippen molar-refractivity contribution in [2.45, 2.75) is 97.3 Å². The summed E-state index contributed by atoms with van der Waals surface area (Å²) in [7, 11) is 0. The van der Waals surface area contributed by atoms with Crippen LogP contribution in [0, 0.1) is 11.8 Å². The standard InChI is InChI=1S/C18H34O/c1-3-4-5-6-7-8-9-10-14-18(19)17-13-11-12-16(2)15-17/h16-17H,3-15H2,1-2H3. The van der Waals surface area contributed by atoms with Gasteiger partial charge in [-0.1, -0.05) is 71.6 Å². The highest BCUT2D eigenvalue weighted by Gasteiger charge is 2.24. The Hall–Kier alpha value is -0.330. The van der Waals surface area contributed by atoms with E-state index < -0.39 is 0 Å². The Labute approximate surface area is 120 Å². The van der Waals surface area contributed by atoms with Crippen molar-refractivity contribution in [2.75, 3.05) is 0 Å². The van der Waals surface area contributed by atoms with Gasteiger partial charge in [-0.3, -0.25) is 4.79 Å². The molecule has 0 aromatic carbocycles. The van der Waals surface area contributed by atoms with Gasteiger partial charge in [0.2, 0.25) is 0 Å². The summed E-state index contributed by atoms with van der Waals surface area (Å²) in [5.74, 6) is 1.76. The van der Waals surface area contributed by atoms with Gasteiger partial charge in [0.1, 0.15) is 5.78 Å². The van der Waals surface area contributed by atoms with Crippen LogP contribution in [0.3, 0.4) is 0 Å². The third-order valence-corrected chi connectivity index (χ3v) is 4.67. The van der Waals surface area contributed by atoms with Crippen molar-refractivity contribution in [2.24, 2.45) is 11.8 Å². The lowest BCUT2D eigenvalue weighted by molar-refractivity contribution is -0.124. The van der Waals surface area contributed by atoms with Crippen LogP contribution in [0.15, 0.2) is 0 Å². The van der Waals surface area contributed by atoms with E-state index in [1.807, 2.05) is 0 Å². The largest absolute Gasteiger partial charge is 0.299 e. The van der Waals surface area contributed by atoms with Crippen LogP contribution in [-0.2, 0) is 4.79 Å². The zero-order valence-electron chi connectivity index (χ0n) is 13.3. The predicted octanol–water partition coefficient (Wildman–Crippen LogP) is 5.91. The molecule has 0 aromatic rings. The van der Waals surface area contributed by atoms with Gasteiger partial charge in [-0.05, 0) is 25.2 Å². The molecule has 0 amide bonds. The first kappa shape index (κ1) is 16.7. The van der Waals surface area contributed by atoms with Crippen LogP contribution >= 0.6 is 0 Å². The molecule has 0 heterocycles. The molecule has 2 unspecified atom stereocenters. The van der Waals surface area contributed by atoms with Crippen LogP contribution in [0.25, 0.3) is 0 Å². The lowest BCUT2D eigenvalue weighted by atomic mass is 9.79. The van der Waals surface area contributed by atoms with Gasteiger partial charge in [-0.2, -0.15) is 0 Å². The molecule has 1 fully saturated rings. The van der Waals surface area contributed by atoms with E-state index in [1.54, 1.807) is 0 Å². The minimum atomic E-state index is 0.410. The molecule has 1 heteroatoms. The van der Waals surface area contributed by atoms with Crippen molar-refractivity contribution >= 4 is 5.78 Å². The minimum Gasteiger partial charge on any atom is -0.299 e. The maximum absolute atomic E-state index is 12.1. The molecule has 1 aliphatic rings. The molecule has 0 aromatic heterocycles. The van der Waals surface area contributed by atoms with E-state index in [4.69, 9.17) is 0 Å². The summed E-state index contributed by atoms with van der Waals surface area (Å²) < 4.78 is 0. The first-order valence-corrected chi connectivity index (χ1v) is 8.76. The average molecular weight is 266 g/mol. The molecular formula is C18H34O. The highest BCUT2D eigenvalue weighted by molar-refractivity contribution is 5.81. The molecule has 0 N–H and O–H groups in total. The monoisotopic (exact) mass is 266 g/mol. The Balaban J connectivity index is 1.95. The highest BCUT2D eigenvalue weighted by atomic mass is 16.1. The van der Waals surface area contributed by atoms with Gasteiger partial charge in [0.25, 0.3) is 0 Å². The Kier molecular flexibility index (Phi) is 9.20. The fraction of sp³-hybridized carbons (Fsp3) is 0.944. The van der Waals surface area contributed by atoms with Crippen molar-refractivity contribution in [3.8, 4) is 0 Å². The first-order valence-electron chi connectivity index (χ1n) is 8.76. The summed E-state index contributed by atoms with van der Waals surface area (Å²) in [5, 5.41) is 0. The number of hydrogen-bond acceptors (Lipinski definition) is 1. The zero-order valence-corrected chi connectivity index (χ0v) is 13.3. The quantitative estimate of drug-likeness (QED) is 0.449. The van der Waals surface area contributed by atoms with E-state index in [9.17, 15) is 4.79 Å². The van der Waals surface area contributed by atoms with Crippen LogP contribution in [0.1, 0.15) is 97.3 Å². The summed E-state index contributed by atoms with van der Waals surface area (Å²) >= 11 is 0. The fourth-order valence-electron chi connectivity index (χ4n) is 3.36. The Morgan fingerprint density at radius 1 is 0.947 bits per heavy atom. The van der Waals surface area contributed by atoms with Crippen LogP contribution < -0.4 is 0 Å². The van der Waals surface area contributed by atoms with E-state index in [-0.39, 0.29) is 0 Å². The van der Waals surface area contributed by atoms with E-state index in [2.05, 4.69) is 13.8 Å². The molecule has 19 heavy (non-hydrogen) atoms. The smallest absolute Gasteiger partial charge is 0.135 e. The third-order valence-electron chi connectivity index (χ3n) is 4.67. The van der Waals surface area contributed by atoms with Crippen LogP contribution in [0.4, 0.5) is 0 Å². The Bertz CT molecular complexity index is 234. The summed E-state index contributed by atoms with van der Waals surface area (Å²) in [6, 6.07) is 0. The lowest BCUT2D eigenvalue weighted by Gasteiger charge is -2.25. The molecular weight excluding hydrogens is 232 g/mol. The number of hydrogen-bond donors (Lipinski definition) is 0. The maximum atomic E-state index is 12.1. The van der Waals surface area contributed by atoms with Gasteiger partial charge in [0.15, 0.2) is 0 Å². The van der Waals surface area contributed by atoms with Gasteiger partial charge < -0.3 is 0 Å². The molecule has 112 valence electrons. The number of carbonyl (C=O) groups excluding carboxylic acids is 1. The van der Waals surface area contributed by atoms with Crippen LogP contribution in [0.2, 0.25) is 0 Å². The van der Waals surface area contributed by atoms with Crippen LogP contribution in [0.5, 0.6) is 0 Å². The Morgan fingerprint density at radius 2 is 1.58 bits per heavy atom. The minimum absolute atomic E-state index is 0.410. The maximum Gasteiger partial charge on any atom is 0.135 e. The average Bonchev–Trinajstić information content (AvgIpc) is 2.41. The molecule has 0 bridgehead atoms. The second-order valence-electron chi connectivity index (χ2n) is 6.66. The van der Waals surface area contributed by atoms with E-state index in [0.717, 1.165) is 25.2 Å². The third kappa shape index (κ3) is 7.74. The Morgan fingerprint density at radius 3 is 2.21 bits per heavy atom. The molecule has 1 rings (SSSR count). The molecule has 2 atom stereocenters. The van der Waals surface area contributed by atoms with E-state index >= 15 is 0 Å². The van der Waals surface area contributed by atoms with Crippen molar-refractivity contribution in [3.05, 3.63) is 0 Å². The molecule has 0 spiro atoms. The SMILES string of the molecule is CCCCCCCCCCC(=O)C1CCCC(C)C1. The van der Waals surface area contributed by atoms with Gasteiger partial charge in [-0.15, -0.1) is 0 Å². The van der Waals surface area contributed by atoms with Gasteiger partial charge in [0, 0.05) is 12.3 Å². The van der Waals surface area contributed by atoms with Crippen LogP contribution in [-0.4, -0.2) is 5.78 Å². The molecule has 1 nitrogen and oxygen atoms in total. The van der Waals surface area contributed by atoms with Gasteiger partial charge >= 0.3 is 0 Å². The predicted molar refractivity (Wildman–Crippen MR) is 83.4 cm³/mol. The molecule has 1 saturated carbocycles. The second kappa shape index (κ2) is 10.5. The zero-order chi connectivity index (χ0) is 13.9. The first-order chi connectivity index (χ1) is 9.24. The van der Waals surface area contributed by atoms with Gasteiger partial charge in [0.05, 0.1) is 0 Å². The molecule has 0 radical (unpaired) electrons. The summed E-state index contributed by atoms with van der Waals surface area (Å²) in [5.41, 5.74) is 0. The van der Waals surface area contributed by atoms with Crippen molar-refractivity contribution in [1.82, 2.24) is 0 Å². The van der Waals surface area contributed by atoms with E-state index in [1.165, 1.54) is 64.2 Å². The van der Waals surface area contributed by atoms with Gasteiger partial charge in [-0.25, -0.2) is 0 Å². The van der Waals surface area contributed by atoms with Crippen molar-refractivity contribution < 1.29 is 4.79 Å². The molecule has 0 aliphatic heterocycles. The number of rotatable bonds is 10. The topological polar surface area (TPSA) is 17.1 Å². The van der Waals surface area contributed by atoms with Crippen molar-refractivity contribution in [1.29, 1.82) is 0 Å². The number of carbonyl (C=O) groups is 1. The molecule has 1 aliphatic carbocycles. The summed E-state index contributed by atoms with van der Waals surface area (Å²) in [6.07, 6.45) is 16.4. The normalized spacial score (nSPS) is 23.5. The molecule has 0 saturated heterocycles. The summed E-state index contributed by atoms with van der Waals surface area (Å²) in [4.78, 5) is 12.1.